The minimum atomic E-state index is 0. The summed E-state index contributed by atoms with van der Waals surface area (Å²) in [7, 11) is 0. The third-order valence-corrected chi connectivity index (χ3v) is 2.78. The highest BCUT2D eigenvalue weighted by atomic mass is 15.1. The van der Waals surface area contributed by atoms with E-state index in [2.05, 4.69) is 51.3 Å². The largest absolute Gasteiger partial charge is 0.304 e. The Balaban J connectivity index is -0.0000000369. The van der Waals surface area contributed by atoms with Crippen molar-refractivity contribution in [1.82, 2.24) is 9.80 Å². The molecule has 0 saturated heterocycles. The molecule has 0 bridgehead atoms. The minimum Gasteiger partial charge on any atom is -0.304 e. The number of hydrogen-bond donors (Lipinski definition) is 0. The molecule has 2 heteroatoms. The van der Waals surface area contributed by atoms with Crippen LogP contribution in [0.5, 0.6) is 0 Å². The zero-order valence-electron chi connectivity index (χ0n) is 11.8. The Bertz CT molecular complexity index is 91.9. The molecule has 0 aliphatic rings. The predicted octanol–water partition coefficient (Wildman–Crippen LogP) is 5.63. The molecule has 0 radical (unpaired) electrons. The molecule has 0 saturated carbocycles. The van der Waals surface area contributed by atoms with Crippen LogP contribution in [0, 0.1) is 0 Å². The third kappa shape index (κ3) is 27.2. The van der Waals surface area contributed by atoms with Crippen LogP contribution in [0.15, 0.2) is 0 Å². The van der Waals surface area contributed by atoms with Gasteiger partial charge in [-0.3, -0.25) is 0 Å². The minimum absolute atomic E-state index is 0. The predicted molar refractivity (Wildman–Crippen MR) is 98.5 cm³/mol. The third-order valence-electron chi connectivity index (χ3n) is 2.78. The van der Waals surface area contributed by atoms with Gasteiger partial charge >= 0.3 is 0 Å². The summed E-state index contributed by atoms with van der Waals surface area (Å²) in [5, 5.41) is 0. The molecule has 0 amide bonds. The Hall–Kier alpha value is -0.0800. The first-order valence-electron chi connectivity index (χ1n) is 6.64. The second-order valence-corrected chi connectivity index (χ2v) is 3.65. The van der Waals surface area contributed by atoms with Gasteiger partial charge < -0.3 is 9.80 Å². The van der Waals surface area contributed by atoms with Crippen molar-refractivity contribution in [2.45, 2.75) is 77.7 Å². The lowest BCUT2D eigenvalue weighted by Crippen LogP contribution is -2.23. The molecule has 0 N–H and O–H groups in total. The summed E-state index contributed by atoms with van der Waals surface area (Å²) in [5.74, 6) is 0. The van der Waals surface area contributed by atoms with Crippen LogP contribution in [-0.4, -0.2) is 49.1 Å². The fraction of sp³-hybridized carbons (Fsp3) is 1.00. The lowest BCUT2D eigenvalue weighted by atomic mass is 10.4. The van der Waals surface area contributed by atoms with Crippen molar-refractivity contribution in [2.24, 2.45) is 0 Å². The Kier molecular flexibility index (Phi) is 58.9. The van der Waals surface area contributed by atoms with Crippen molar-refractivity contribution >= 4 is 0 Å². The first-order valence-corrected chi connectivity index (χ1v) is 6.64. The summed E-state index contributed by atoms with van der Waals surface area (Å²) in [4.78, 5) is 4.81. The fourth-order valence-electron chi connectivity index (χ4n) is 1.53. The first kappa shape index (κ1) is 36.4. The summed E-state index contributed by atoms with van der Waals surface area (Å²) in [6.45, 7) is 20.4. The van der Waals surface area contributed by atoms with E-state index in [1.807, 2.05) is 0 Å². The zero-order valence-corrected chi connectivity index (χ0v) is 11.8. The van der Waals surface area contributed by atoms with Crippen LogP contribution in [-0.2, 0) is 0 Å². The van der Waals surface area contributed by atoms with Crippen LogP contribution >= 0.6 is 0 Å². The molecule has 0 heterocycles. The molecule has 0 unspecified atom stereocenters. The topological polar surface area (TPSA) is 6.48 Å². The molecule has 19 heavy (non-hydrogen) atoms. The van der Waals surface area contributed by atoms with E-state index in [-0.39, 0.29) is 29.7 Å². The van der Waals surface area contributed by atoms with Gasteiger partial charge in [0.05, 0.1) is 0 Å². The van der Waals surface area contributed by atoms with Gasteiger partial charge in [-0.1, -0.05) is 71.2 Å². The number of hydrogen-bond acceptors (Lipinski definition) is 2. The molecule has 0 atom stereocenters. The maximum Gasteiger partial charge on any atom is -0.00216 e. The molecule has 126 valence electrons. The van der Waals surface area contributed by atoms with Gasteiger partial charge in [0.25, 0.3) is 0 Å². The zero-order chi connectivity index (χ0) is 12.1. The summed E-state index contributed by atoms with van der Waals surface area (Å²) in [6.07, 6.45) is 1.28. The van der Waals surface area contributed by atoms with Gasteiger partial charge in [0, 0.05) is 0 Å². The fourth-order valence-corrected chi connectivity index (χ4v) is 1.53. The molecular formula is C17H48N2. The summed E-state index contributed by atoms with van der Waals surface area (Å²) >= 11 is 0. The van der Waals surface area contributed by atoms with Crippen molar-refractivity contribution < 1.29 is 0 Å². The van der Waals surface area contributed by atoms with Crippen molar-refractivity contribution in [1.29, 1.82) is 0 Å². The van der Waals surface area contributed by atoms with Crippen LogP contribution in [0.4, 0.5) is 0 Å². The summed E-state index contributed by atoms with van der Waals surface area (Å²) in [6, 6.07) is 0. The van der Waals surface area contributed by atoms with Gasteiger partial charge in [0.2, 0.25) is 0 Å². The maximum absolute atomic E-state index is 2.43. The molecule has 0 fully saturated rings. The van der Waals surface area contributed by atoms with Crippen molar-refractivity contribution in [2.75, 3.05) is 39.3 Å². The van der Waals surface area contributed by atoms with E-state index >= 15 is 0 Å². The quantitative estimate of drug-likeness (QED) is 0.596. The lowest BCUT2D eigenvalue weighted by molar-refractivity contribution is 0.304. The maximum atomic E-state index is 2.43. The van der Waals surface area contributed by atoms with Crippen molar-refractivity contribution in [3.8, 4) is 0 Å². The van der Waals surface area contributed by atoms with E-state index in [0.29, 0.717) is 0 Å². The SMILES string of the molecule is C.C.C.C.CCCN(CC)CC.CCN(CC)CC. The van der Waals surface area contributed by atoms with Crippen LogP contribution in [0.2, 0.25) is 0 Å². The molecule has 0 aliphatic carbocycles. The Labute approximate surface area is 127 Å². The number of nitrogens with zero attached hydrogens (tertiary/aromatic N) is 2. The van der Waals surface area contributed by atoms with Gasteiger partial charge in [-0.15, -0.1) is 0 Å². The van der Waals surface area contributed by atoms with Gasteiger partial charge in [0.15, 0.2) is 0 Å². The average Bonchev–Trinajstić information content (AvgIpc) is 2.29. The Morgan fingerprint density at radius 1 is 0.474 bits per heavy atom. The van der Waals surface area contributed by atoms with E-state index in [4.69, 9.17) is 0 Å². The highest BCUT2D eigenvalue weighted by Gasteiger charge is 1.92. The van der Waals surface area contributed by atoms with Gasteiger partial charge in [-0.05, 0) is 45.7 Å². The summed E-state index contributed by atoms with van der Waals surface area (Å²) in [5.41, 5.74) is 0. The molecular weight excluding hydrogens is 232 g/mol. The van der Waals surface area contributed by atoms with E-state index in [1.54, 1.807) is 0 Å². The highest BCUT2D eigenvalue weighted by Crippen LogP contribution is 1.87. The Morgan fingerprint density at radius 2 is 0.737 bits per heavy atom. The van der Waals surface area contributed by atoms with Crippen molar-refractivity contribution in [3.05, 3.63) is 0 Å². The molecule has 0 rings (SSSR count). The van der Waals surface area contributed by atoms with Gasteiger partial charge in [-0.2, -0.15) is 0 Å². The van der Waals surface area contributed by atoms with Crippen LogP contribution in [0.25, 0.3) is 0 Å². The molecule has 0 aliphatic heterocycles. The molecule has 2 nitrogen and oxygen atoms in total. The van der Waals surface area contributed by atoms with E-state index < -0.39 is 0 Å². The summed E-state index contributed by atoms with van der Waals surface area (Å²) < 4.78 is 0. The van der Waals surface area contributed by atoms with Crippen LogP contribution in [0.1, 0.15) is 77.7 Å². The van der Waals surface area contributed by atoms with Gasteiger partial charge in [-0.25, -0.2) is 0 Å². The van der Waals surface area contributed by atoms with Crippen LogP contribution < -0.4 is 0 Å². The molecule has 0 aromatic carbocycles. The van der Waals surface area contributed by atoms with E-state index in [0.717, 1.165) is 0 Å². The van der Waals surface area contributed by atoms with Crippen LogP contribution in [0.3, 0.4) is 0 Å². The first-order chi connectivity index (χ1) is 7.19. The molecule has 0 aromatic heterocycles. The highest BCUT2D eigenvalue weighted by molar-refractivity contribution is 4.47. The van der Waals surface area contributed by atoms with E-state index in [9.17, 15) is 0 Å². The van der Waals surface area contributed by atoms with Crippen molar-refractivity contribution in [3.63, 3.8) is 0 Å². The normalized spacial score (nSPS) is 8.21. The van der Waals surface area contributed by atoms with Gasteiger partial charge in [0.1, 0.15) is 0 Å². The second kappa shape index (κ2) is 30.7. The van der Waals surface area contributed by atoms with E-state index in [1.165, 1.54) is 45.7 Å². The molecule has 0 spiro atoms. The monoisotopic (exact) mass is 280 g/mol. The lowest BCUT2D eigenvalue weighted by Gasteiger charge is -2.15. The second-order valence-electron chi connectivity index (χ2n) is 3.65. The Morgan fingerprint density at radius 3 is 0.789 bits per heavy atom. The standard InChI is InChI=1S/C7H17N.C6H15N.4CH4/c1-4-7-8(5-2)6-3;1-4-7(5-2)6-3;;;;/h4-7H2,1-3H3;4-6H2,1-3H3;4*1H4. The smallest absolute Gasteiger partial charge is 0.00216 e. The number of rotatable bonds is 7. The molecule has 0 aromatic rings. The average molecular weight is 281 g/mol.